The van der Waals surface area contributed by atoms with Crippen molar-refractivity contribution in [3.63, 3.8) is 0 Å². The smallest absolute Gasteiger partial charge is 0.0159 e. The van der Waals surface area contributed by atoms with Crippen LogP contribution < -0.4 is 0 Å². The molecule has 0 aromatic heterocycles. The van der Waals surface area contributed by atoms with E-state index in [4.69, 9.17) is 0 Å². The summed E-state index contributed by atoms with van der Waals surface area (Å²) in [6.07, 6.45) is 0. The summed E-state index contributed by atoms with van der Waals surface area (Å²) in [6, 6.07) is 63.1. The summed E-state index contributed by atoms with van der Waals surface area (Å²) >= 11 is 0. The molecule has 1 aliphatic carbocycles. The zero-order valence-electron chi connectivity index (χ0n) is 27.7. The minimum Gasteiger partial charge on any atom is -0.0622 e. The maximum atomic E-state index is 2.45. The fraction of sp³-hybridized carbons (Fsp3) is 0.0612. The van der Waals surface area contributed by atoms with E-state index in [9.17, 15) is 0 Å². The predicted octanol–water partition coefficient (Wildman–Crippen LogP) is 13.6. The van der Waals surface area contributed by atoms with E-state index in [1.165, 1.54) is 98.7 Å². The average Bonchev–Trinajstić information content (AvgIpc) is 3.39. The van der Waals surface area contributed by atoms with Crippen LogP contribution in [-0.4, -0.2) is 0 Å². The van der Waals surface area contributed by atoms with Crippen LogP contribution in [-0.2, 0) is 5.41 Å². The number of fused-ring (bicyclic) bond motifs is 9. The van der Waals surface area contributed by atoms with Gasteiger partial charge in [0, 0.05) is 5.41 Å². The summed E-state index contributed by atoms with van der Waals surface area (Å²) in [7, 11) is 0. The summed E-state index contributed by atoms with van der Waals surface area (Å²) in [5.74, 6) is 0. The van der Waals surface area contributed by atoms with Gasteiger partial charge in [0.1, 0.15) is 0 Å². The van der Waals surface area contributed by atoms with Gasteiger partial charge in [0.15, 0.2) is 0 Å². The Labute approximate surface area is 286 Å². The Hall–Kier alpha value is -5.98. The fourth-order valence-corrected chi connectivity index (χ4v) is 8.70. The van der Waals surface area contributed by atoms with E-state index in [0.717, 1.165) is 0 Å². The highest BCUT2D eigenvalue weighted by Gasteiger charge is 2.36. The van der Waals surface area contributed by atoms with E-state index in [-0.39, 0.29) is 5.41 Å². The molecule has 0 nitrogen and oxygen atoms in total. The van der Waals surface area contributed by atoms with Gasteiger partial charge in [0.05, 0.1) is 0 Å². The molecule has 0 saturated carbocycles. The van der Waals surface area contributed by atoms with Gasteiger partial charge in [0.25, 0.3) is 0 Å². The second-order valence-corrected chi connectivity index (χ2v) is 14.0. The third kappa shape index (κ3) is 4.11. The quantitative estimate of drug-likeness (QED) is 0.136. The van der Waals surface area contributed by atoms with Crippen LogP contribution >= 0.6 is 0 Å². The molecule has 0 heterocycles. The van der Waals surface area contributed by atoms with E-state index >= 15 is 0 Å². The first-order valence-corrected chi connectivity index (χ1v) is 17.3. The summed E-state index contributed by atoms with van der Waals surface area (Å²) in [6.45, 7) is 4.76. The van der Waals surface area contributed by atoms with E-state index in [1.54, 1.807) is 0 Å². The predicted molar refractivity (Wildman–Crippen MR) is 210 cm³/mol. The monoisotopic (exact) mass is 622 g/mol. The molecule has 10 rings (SSSR count). The maximum Gasteiger partial charge on any atom is 0.0159 e. The third-order valence-electron chi connectivity index (χ3n) is 11.0. The number of benzene rings is 9. The Bertz CT molecular complexity index is 2780. The average molecular weight is 623 g/mol. The molecule has 1 aliphatic rings. The van der Waals surface area contributed by atoms with Crippen molar-refractivity contribution in [3.8, 4) is 44.5 Å². The second kappa shape index (κ2) is 10.5. The Balaban J connectivity index is 1.21. The van der Waals surface area contributed by atoms with E-state index in [0.29, 0.717) is 0 Å². The molecule has 9 aromatic carbocycles. The van der Waals surface area contributed by atoms with Gasteiger partial charge in [-0.1, -0.05) is 172 Å². The SMILES string of the molecule is CC1(C)c2cc(-c3cccc(-c4c5ccccc5c(-c5ccccc5)c5c4ccc4ccccc45)c3)ccc2-c2c1ccc1ccccc21. The van der Waals surface area contributed by atoms with Crippen molar-refractivity contribution in [3.05, 3.63) is 181 Å². The van der Waals surface area contributed by atoms with Crippen molar-refractivity contribution in [2.75, 3.05) is 0 Å². The summed E-state index contributed by atoms with van der Waals surface area (Å²) in [5, 5.41) is 10.3. The van der Waals surface area contributed by atoms with Crippen molar-refractivity contribution < 1.29 is 0 Å². The van der Waals surface area contributed by atoms with Gasteiger partial charge in [-0.2, -0.15) is 0 Å². The van der Waals surface area contributed by atoms with Crippen molar-refractivity contribution >= 4 is 43.1 Å². The van der Waals surface area contributed by atoms with Crippen molar-refractivity contribution in [1.29, 1.82) is 0 Å². The van der Waals surface area contributed by atoms with Gasteiger partial charge in [-0.05, 0) is 111 Å². The molecular weight excluding hydrogens is 589 g/mol. The van der Waals surface area contributed by atoms with Crippen LogP contribution in [0.2, 0.25) is 0 Å². The zero-order valence-corrected chi connectivity index (χ0v) is 27.7. The normalized spacial score (nSPS) is 13.3. The molecule has 230 valence electrons. The number of hydrogen-bond donors (Lipinski definition) is 0. The van der Waals surface area contributed by atoms with Gasteiger partial charge in [0.2, 0.25) is 0 Å². The summed E-state index contributed by atoms with van der Waals surface area (Å²) in [5.41, 5.74) is 13.0. The van der Waals surface area contributed by atoms with Crippen LogP contribution in [0.3, 0.4) is 0 Å². The first-order chi connectivity index (χ1) is 24.1. The number of hydrogen-bond acceptors (Lipinski definition) is 0. The maximum absolute atomic E-state index is 2.45. The highest BCUT2D eigenvalue weighted by molar-refractivity contribution is 6.28. The Kier molecular flexibility index (Phi) is 6.02. The molecule has 0 aliphatic heterocycles. The summed E-state index contributed by atoms with van der Waals surface area (Å²) < 4.78 is 0. The standard InChI is InChI=1S/C49H34/c1-49(2)43-28-25-32-14-6-8-19-37(32)47(43)41-26-24-35(30-44(41)49)34-17-12-18-36(29-34)45-39-21-10-11-22-40(39)46(33-15-4-3-5-16-33)48-38-20-9-7-13-31(38)23-27-42(45)48/h3-30H,1-2H3. The highest BCUT2D eigenvalue weighted by Crippen LogP contribution is 2.52. The van der Waals surface area contributed by atoms with Crippen LogP contribution in [0, 0.1) is 0 Å². The summed E-state index contributed by atoms with van der Waals surface area (Å²) in [4.78, 5) is 0. The molecule has 0 heteroatoms. The lowest BCUT2D eigenvalue weighted by Crippen LogP contribution is -2.15. The van der Waals surface area contributed by atoms with Crippen LogP contribution in [0.1, 0.15) is 25.0 Å². The Morgan fingerprint density at radius 2 is 0.918 bits per heavy atom. The fourth-order valence-electron chi connectivity index (χ4n) is 8.70. The molecule has 9 aromatic rings. The van der Waals surface area contributed by atoms with Crippen molar-refractivity contribution in [1.82, 2.24) is 0 Å². The molecular formula is C49H34. The van der Waals surface area contributed by atoms with E-state index in [2.05, 4.69) is 184 Å². The first-order valence-electron chi connectivity index (χ1n) is 17.3. The van der Waals surface area contributed by atoms with Gasteiger partial charge in [-0.3, -0.25) is 0 Å². The van der Waals surface area contributed by atoms with Crippen molar-refractivity contribution in [2.45, 2.75) is 19.3 Å². The zero-order chi connectivity index (χ0) is 32.7. The molecule has 49 heavy (non-hydrogen) atoms. The van der Waals surface area contributed by atoms with Crippen molar-refractivity contribution in [2.24, 2.45) is 0 Å². The molecule has 0 atom stereocenters. The minimum absolute atomic E-state index is 0.0803. The van der Waals surface area contributed by atoms with E-state index in [1.807, 2.05) is 0 Å². The molecule has 0 bridgehead atoms. The molecule has 0 amide bonds. The van der Waals surface area contributed by atoms with E-state index < -0.39 is 0 Å². The van der Waals surface area contributed by atoms with Gasteiger partial charge >= 0.3 is 0 Å². The minimum atomic E-state index is -0.0803. The third-order valence-corrected chi connectivity index (χ3v) is 11.0. The van der Waals surface area contributed by atoms with Gasteiger partial charge < -0.3 is 0 Å². The topological polar surface area (TPSA) is 0 Å². The van der Waals surface area contributed by atoms with Crippen LogP contribution in [0.4, 0.5) is 0 Å². The Morgan fingerprint density at radius 1 is 0.327 bits per heavy atom. The molecule has 0 spiro atoms. The largest absolute Gasteiger partial charge is 0.0622 e. The lowest BCUT2D eigenvalue weighted by Gasteiger charge is -2.22. The molecule has 0 saturated heterocycles. The lowest BCUT2D eigenvalue weighted by molar-refractivity contribution is 0.661. The number of rotatable bonds is 3. The van der Waals surface area contributed by atoms with Crippen LogP contribution in [0.25, 0.3) is 87.6 Å². The highest BCUT2D eigenvalue weighted by atomic mass is 14.4. The Morgan fingerprint density at radius 3 is 1.71 bits per heavy atom. The van der Waals surface area contributed by atoms with Gasteiger partial charge in [-0.15, -0.1) is 0 Å². The lowest BCUT2D eigenvalue weighted by atomic mass is 9.81. The molecule has 0 N–H and O–H groups in total. The second-order valence-electron chi connectivity index (χ2n) is 14.0. The van der Waals surface area contributed by atoms with Crippen LogP contribution in [0.15, 0.2) is 170 Å². The molecule has 0 radical (unpaired) electrons. The van der Waals surface area contributed by atoms with Crippen LogP contribution in [0.5, 0.6) is 0 Å². The first kappa shape index (κ1) is 28.1. The van der Waals surface area contributed by atoms with Gasteiger partial charge in [-0.25, -0.2) is 0 Å². The molecule has 0 unspecified atom stereocenters. The molecule has 0 fully saturated rings.